The molecule has 0 rings (SSSR count). The quantitative estimate of drug-likeness (QED) is 0.0568. The minimum atomic E-state index is -4.01. The molecule has 0 amide bonds. The summed E-state index contributed by atoms with van der Waals surface area (Å²) in [5, 5.41) is 9.52. The fourth-order valence-corrected chi connectivity index (χ4v) is 47.3. The Morgan fingerprint density at radius 1 is 0.429 bits per heavy atom. The molecule has 0 unspecified atom stereocenters. The number of rotatable bonds is 24. The zero-order chi connectivity index (χ0) is 39.3. The van der Waals surface area contributed by atoms with Crippen molar-refractivity contribution in [1.29, 1.82) is 0 Å². The van der Waals surface area contributed by atoms with Crippen molar-refractivity contribution in [3.05, 3.63) is 12.2 Å². The zero-order valence-corrected chi connectivity index (χ0v) is 45.1. The topological polar surface area (TPSA) is 120 Å². The first-order chi connectivity index (χ1) is 21.2. The van der Waals surface area contributed by atoms with Crippen molar-refractivity contribution in [2.45, 2.75) is 163 Å². The van der Waals surface area contributed by atoms with Gasteiger partial charge in [0, 0.05) is 31.3 Å². The molecule has 0 saturated carbocycles. The largest absolute Gasteiger partial charge is 0.478 e. The van der Waals surface area contributed by atoms with Crippen LogP contribution >= 0.6 is 0 Å². The average molecular weight is 868 g/mol. The van der Waals surface area contributed by atoms with Crippen LogP contribution in [0.1, 0.15) is 19.3 Å². The summed E-state index contributed by atoms with van der Waals surface area (Å²) < 4.78 is 63.8. The van der Waals surface area contributed by atoms with Gasteiger partial charge in [0.1, 0.15) is 0 Å². The van der Waals surface area contributed by atoms with Crippen molar-refractivity contribution in [2.75, 3.05) is 0 Å². The van der Waals surface area contributed by atoms with Crippen LogP contribution in [0.2, 0.25) is 144 Å². The van der Waals surface area contributed by atoms with Gasteiger partial charge in [-0.3, -0.25) is 0 Å². The third-order valence-electron chi connectivity index (χ3n) is 5.49. The van der Waals surface area contributed by atoms with Crippen LogP contribution in [0.25, 0.3) is 0 Å². The molecule has 0 aromatic heterocycles. The molecule has 0 aliphatic rings. The second kappa shape index (κ2) is 17.7. The van der Waals surface area contributed by atoms with Gasteiger partial charge in [-0.15, -0.1) is 0 Å². The molecular weight excluding hydrogens is 793 g/mol. The zero-order valence-electron chi connectivity index (χ0n) is 35.1. The van der Waals surface area contributed by atoms with E-state index in [2.05, 4.69) is 124 Å². The Labute approximate surface area is 311 Å². The van der Waals surface area contributed by atoms with Crippen molar-refractivity contribution >= 4 is 91.1 Å². The Balaban J connectivity index is 7.92. The van der Waals surface area contributed by atoms with E-state index in [1.165, 1.54) is 0 Å². The standard InChI is InChI=1S/C28H74O11Si10/c1-27(28(29)30)25-23-24-26-49(37-46(20,31-40(2,3)4)32-41(5,6)7,38-47(21,33-42(8,9)10)34-43(11,12)13)39-48(22,35-44(14,15)16)36-45(17,18)19/h1,23-26H2,2-22H3,(H,29,30). The minimum absolute atomic E-state index is 0.157. The van der Waals surface area contributed by atoms with Gasteiger partial charge in [0.25, 0.3) is 0 Å². The molecule has 0 fully saturated rings. The van der Waals surface area contributed by atoms with Gasteiger partial charge in [0.15, 0.2) is 49.9 Å². The number of hydrogen-bond donors (Lipinski definition) is 1. The number of unbranched alkanes of at least 4 members (excludes halogenated alkanes) is 1. The normalized spacial score (nSPS) is 15.1. The molecular formula is C28H74O11Si10. The first kappa shape index (κ1) is 50.0. The van der Waals surface area contributed by atoms with Crippen LogP contribution in [0.15, 0.2) is 12.2 Å². The highest BCUT2D eigenvalue weighted by molar-refractivity contribution is 6.95. The average Bonchev–Trinajstić information content (AvgIpc) is 2.66. The Hall–Kier alpha value is 1.02. The second-order valence-corrected chi connectivity index (χ2v) is 58.7. The fourth-order valence-electron chi connectivity index (χ4n) is 5.37. The number of hydrogen-bond acceptors (Lipinski definition) is 10. The van der Waals surface area contributed by atoms with E-state index in [0.29, 0.717) is 25.3 Å². The first-order valence-electron chi connectivity index (χ1n) is 17.4. The predicted octanol–water partition coefficient (Wildman–Crippen LogP) is 9.60. The Kier molecular flexibility index (Phi) is 18.0. The summed E-state index contributed by atoms with van der Waals surface area (Å²) in [6.07, 6.45) is 1.40. The Bertz CT molecular complexity index is 930. The van der Waals surface area contributed by atoms with E-state index in [-0.39, 0.29) is 5.57 Å². The van der Waals surface area contributed by atoms with E-state index in [1.807, 2.05) is 19.6 Å². The van der Waals surface area contributed by atoms with E-state index >= 15 is 0 Å². The summed E-state index contributed by atoms with van der Waals surface area (Å²) in [5.41, 5.74) is 0.157. The fraction of sp³-hybridized carbons (Fsp3) is 0.893. The van der Waals surface area contributed by atoms with Crippen molar-refractivity contribution in [3.63, 3.8) is 0 Å². The third-order valence-corrected chi connectivity index (χ3v) is 38.2. The monoisotopic (exact) mass is 866 g/mol. The van der Waals surface area contributed by atoms with Crippen LogP contribution in [0.3, 0.4) is 0 Å². The molecule has 0 aromatic rings. The maximum absolute atomic E-state index is 11.6. The second-order valence-electron chi connectivity index (χ2n) is 19.0. The third kappa shape index (κ3) is 24.1. The lowest BCUT2D eigenvalue weighted by Crippen LogP contribution is -2.71. The van der Waals surface area contributed by atoms with Crippen LogP contribution in [-0.2, 0) is 41.8 Å². The van der Waals surface area contributed by atoms with Crippen molar-refractivity contribution in [2.24, 2.45) is 0 Å². The van der Waals surface area contributed by atoms with Crippen LogP contribution in [0.4, 0.5) is 0 Å². The molecule has 0 radical (unpaired) electrons. The summed E-state index contributed by atoms with van der Waals surface area (Å²) in [6, 6.07) is 0.339. The van der Waals surface area contributed by atoms with Gasteiger partial charge in [-0.05, 0) is 137 Å². The lowest BCUT2D eigenvalue weighted by atomic mass is 10.1. The Morgan fingerprint density at radius 2 is 0.653 bits per heavy atom. The number of aliphatic carboxylic acids is 1. The van der Waals surface area contributed by atoms with Gasteiger partial charge >= 0.3 is 41.2 Å². The van der Waals surface area contributed by atoms with Gasteiger partial charge in [-0.25, -0.2) is 4.79 Å². The molecule has 49 heavy (non-hydrogen) atoms. The van der Waals surface area contributed by atoms with E-state index in [0.717, 1.165) is 0 Å². The summed E-state index contributed by atoms with van der Waals surface area (Å²) in [6.45, 7) is 47.9. The van der Waals surface area contributed by atoms with Crippen LogP contribution in [0, 0.1) is 0 Å². The van der Waals surface area contributed by atoms with Gasteiger partial charge in [0.05, 0.1) is 0 Å². The molecule has 0 saturated heterocycles. The molecule has 0 spiro atoms. The SMILES string of the molecule is C=C(CCCC[Si](O[Si](C)(O[Si](C)(C)C)O[Si](C)(C)C)(O[Si](C)(O[Si](C)(C)C)O[Si](C)(C)C)O[Si](C)(O[Si](C)(C)C)O[Si](C)(C)C)C(=O)O. The van der Waals surface area contributed by atoms with Crippen LogP contribution in [-0.4, -0.2) is 96.2 Å². The molecule has 0 aliphatic heterocycles. The van der Waals surface area contributed by atoms with Crippen LogP contribution < -0.4 is 0 Å². The maximum atomic E-state index is 11.6. The van der Waals surface area contributed by atoms with Gasteiger partial charge in [0.2, 0.25) is 0 Å². The summed E-state index contributed by atoms with van der Waals surface area (Å²) in [7, 11) is -27.9. The van der Waals surface area contributed by atoms with Gasteiger partial charge in [-0.2, -0.15) is 0 Å². The van der Waals surface area contributed by atoms with Crippen molar-refractivity contribution in [1.82, 2.24) is 0 Å². The number of carboxylic acids is 1. The van der Waals surface area contributed by atoms with E-state index in [9.17, 15) is 9.90 Å². The lowest BCUT2D eigenvalue weighted by molar-refractivity contribution is -0.132. The van der Waals surface area contributed by atoms with Crippen molar-refractivity contribution in [3.8, 4) is 0 Å². The summed E-state index contributed by atoms with van der Waals surface area (Å²) in [5.74, 6) is -1.00. The first-order valence-corrected chi connectivity index (χ1v) is 46.5. The molecule has 21 heteroatoms. The molecule has 0 bridgehead atoms. The summed E-state index contributed by atoms with van der Waals surface area (Å²) >= 11 is 0. The highest BCUT2D eigenvalue weighted by atomic mass is 28.6. The smallest absolute Gasteiger partial charge is 0.478 e. The predicted molar refractivity (Wildman–Crippen MR) is 226 cm³/mol. The van der Waals surface area contributed by atoms with Crippen molar-refractivity contribution < 1.29 is 46.9 Å². The van der Waals surface area contributed by atoms with Crippen LogP contribution in [0.5, 0.6) is 0 Å². The number of carbonyl (C=O) groups is 1. The van der Waals surface area contributed by atoms with E-state index in [1.54, 1.807) is 0 Å². The minimum Gasteiger partial charge on any atom is -0.478 e. The summed E-state index contributed by atoms with van der Waals surface area (Å²) in [4.78, 5) is 11.6. The molecule has 0 atom stereocenters. The molecule has 0 heterocycles. The van der Waals surface area contributed by atoms with E-state index < -0.39 is 91.1 Å². The molecule has 0 aliphatic carbocycles. The Morgan fingerprint density at radius 3 is 0.837 bits per heavy atom. The number of carboxylic acid groups (broad SMARTS) is 1. The van der Waals surface area contributed by atoms with Gasteiger partial charge in [-0.1, -0.05) is 6.58 Å². The highest BCUT2D eigenvalue weighted by Gasteiger charge is 2.63. The molecule has 0 aromatic carbocycles. The van der Waals surface area contributed by atoms with Gasteiger partial charge < -0.3 is 42.1 Å². The van der Waals surface area contributed by atoms with E-state index in [4.69, 9.17) is 37.0 Å². The maximum Gasteiger partial charge on any atom is 0.478 e. The molecule has 292 valence electrons. The highest BCUT2D eigenvalue weighted by Crippen LogP contribution is 2.37. The lowest BCUT2D eigenvalue weighted by Gasteiger charge is -2.49. The molecule has 1 N–H and O–H groups in total. The molecule has 11 nitrogen and oxygen atoms in total.